The number of ether oxygens (including phenoxy) is 2. The standard InChI is InChI=1S/C10H19NO3/c1-2-14-9(12)3-4-10(11)5-7-13-8-6-10/h2-8,11H2,1H3/p+1. The minimum Gasteiger partial charge on any atom is -0.466 e. The van der Waals surface area contributed by atoms with Gasteiger partial charge < -0.3 is 15.2 Å². The normalized spacial score (nSPS) is 20.4. The maximum atomic E-state index is 11.1. The Kier molecular flexibility index (Phi) is 4.35. The van der Waals surface area contributed by atoms with Crippen molar-refractivity contribution in [1.29, 1.82) is 0 Å². The van der Waals surface area contributed by atoms with Gasteiger partial charge in [0, 0.05) is 19.3 Å². The van der Waals surface area contributed by atoms with Gasteiger partial charge in [-0.25, -0.2) is 0 Å². The molecule has 0 aromatic carbocycles. The largest absolute Gasteiger partial charge is 0.466 e. The Bertz CT molecular complexity index is 188. The zero-order chi connectivity index (χ0) is 10.4. The molecule has 0 amide bonds. The lowest BCUT2D eigenvalue weighted by Gasteiger charge is -2.29. The Hall–Kier alpha value is -0.610. The van der Waals surface area contributed by atoms with Crippen molar-refractivity contribution in [2.75, 3.05) is 19.8 Å². The van der Waals surface area contributed by atoms with E-state index in [-0.39, 0.29) is 11.5 Å². The Morgan fingerprint density at radius 3 is 2.71 bits per heavy atom. The van der Waals surface area contributed by atoms with E-state index >= 15 is 0 Å². The first kappa shape index (κ1) is 11.5. The summed E-state index contributed by atoms with van der Waals surface area (Å²) in [5.41, 5.74) is 4.21. The van der Waals surface area contributed by atoms with Crippen LogP contribution in [0.2, 0.25) is 0 Å². The lowest BCUT2D eigenvalue weighted by atomic mass is 9.87. The van der Waals surface area contributed by atoms with Crippen molar-refractivity contribution in [3.05, 3.63) is 0 Å². The van der Waals surface area contributed by atoms with Crippen LogP contribution < -0.4 is 5.73 Å². The summed E-state index contributed by atoms with van der Waals surface area (Å²) in [5.74, 6) is -0.109. The molecule has 0 saturated carbocycles. The minimum absolute atomic E-state index is 0.0327. The first-order valence-corrected chi connectivity index (χ1v) is 5.25. The molecule has 0 radical (unpaired) electrons. The molecule has 4 heteroatoms. The Morgan fingerprint density at radius 2 is 2.14 bits per heavy atom. The predicted molar refractivity (Wildman–Crippen MR) is 51.5 cm³/mol. The molecular weight excluding hydrogens is 182 g/mol. The Morgan fingerprint density at radius 1 is 1.50 bits per heavy atom. The summed E-state index contributed by atoms with van der Waals surface area (Å²) in [6.45, 7) is 3.83. The Balaban J connectivity index is 2.24. The summed E-state index contributed by atoms with van der Waals surface area (Å²) in [6, 6.07) is 0. The molecule has 1 aliphatic heterocycles. The van der Waals surface area contributed by atoms with Crippen LogP contribution in [0.4, 0.5) is 0 Å². The van der Waals surface area contributed by atoms with Crippen LogP contribution >= 0.6 is 0 Å². The lowest BCUT2D eigenvalue weighted by molar-refractivity contribution is -0.490. The molecule has 3 N–H and O–H groups in total. The lowest BCUT2D eigenvalue weighted by Crippen LogP contribution is -2.74. The molecule has 1 heterocycles. The number of quaternary nitrogens is 1. The number of esters is 1. The number of carbonyl (C=O) groups excluding carboxylic acids is 1. The average Bonchev–Trinajstić information content (AvgIpc) is 2.17. The van der Waals surface area contributed by atoms with E-state index in [2.05, 4.69) is 5.73 Å². The fourth-order valence-corrected chi connectivity index (χ4v) is 1.65. The maximum absolute atomic E-state index is 11.1. The fraction of sp³-hybridized carbons (Fsp3) is 0.900. The molecule has 0 spiro atoms. The van der Waals surface area contributed by atoms with Crippen molar-refractivity contribution in [2.24, 2.45) is 0 Å². The van der Waals surface area contributed by atoms with Gasteiger partial charge in [0.05, 0.1) is 31.8 Å². The summed E-state index contributed by atoms with van der Waals surface area (Å²) in [6.07, 6.45) is 3.20. The van der Waals surface area contributed by atoms with Crippen LogP contribution in [0.3, 0.4) is 0 Å². The highest BCUT2D eigenvalue weighted by molar-refractivity contribution is 5.69. The highest BCUT2D eigenvalue weighted by atomic mass is 16.5. The van der Waals surface area contributed by atoms with E-state index in [4.69, 9.17) is 9.47 Å². The second-order valence-electron chi connectivity index (χ2n) is 3.92. The number of carbonyl (C=O) groups is 1. The minimum atomic E-state index is -0.109. The van der Waals surface area contributed by atoms with Crippen LogP contribution in [-0.2, 0) is 14.3 Å². The van der Waals surface area contributed by atoms with Gasteiger partial charge in [-0.05, 0) is 6.92 Å². The van der Waals surface area contributed by atoms with Gasteiger partial charge >= 0.3 is 5.97 Å². The first-order valence-electron chi connectivity index (χ1n) is 5.25. The van der Waals surface area contributed by atoms with Crippen molar-refractivity contribution < 1.29 is 20.0 Å². The van der Waals surface area contributed by atoms with Gasteiger partial charge in [0.2, 0.25) is 0 Å². The summed E-state index contributed by atoms with van der Waals surface area (Å²) in [5, 5.41) is 0. The molecule has 1 aliphatic rings. The molecule has 0 aliphatic carbocycles. The van der Waals surface area contributed by atoms with E-state index in [0.717, 1.165) is 32.5 Å². The molecule has 1 saturated heterocycles. The van der Waals surface area contributed by atoms with Crippen molar-refractivity contribution in [1.82, 2.24) is 0 Å². The van der Waals surface area contributed by atoms with E-state index < -0.39 is 0 Å². The Labute approximate surface area is 84.7 Å². The molecule has 1 fully saturated rings. The molecule has 1 rings (SSSR count). The topological polar surface area (TPSA) is 63.2 Å². The van der Waals surface area contributed by atoms with Crippen LogP contribution in [0.5, 0.6) is 0 Å². The first-order chi connectivity index (χ1) is 6.66. The monoisotopic (exact) mass is 202 g/mol. The van der Waals surface area contributed by atoms with Gasteiger partial charge in [-0.1, -0.05) is 0 Å². The molecule has 4 nitrogen and oxygen atoms in total. The van der Waals surface area contributed by atoms with Crippen LogP contribution in [0.1, 0.15) is 32.6 Å². The van der Waals surface area contributed by atoms with Gasteiger partial charge in [0.1, 0.15) is 0 Å². The number of hydrogen-bond acceptors (Lipinski definition) is 3. The van der Waals surface area contributed by atoms with E-state index in [1.54, 1.807) is 0 Å². The molecule has 0 aromatic rings. The van der Waals surface area contributed by atoms with E-state index in [1.165, 1.54) is 0 Å². The van der Waals surface area contributed by atoms with Crippen LogP contribution in [0.25, 0.3) is 0 Å². The maximum Gasteiger partial charge on any atom is 0.306 e. The second kappa shape index (κ2) is 5.32. The van der Waals surface area contributed by atoms with Crippen molar-refractivity contribution in [3.8, 4) is 0 Å². The predicted octanol–water partition coefficient (Wildman–Crippen LogP) is 0.121. The van der Waals surface area contributed by atoms with Crippen LogP contribution in [0.15, 0.2) is 0 Å². The second-order valence-corrected chi connectivity index (χ2v) is 3.92. The molecule has 0 bridgehead atoms. The van der Waals surface area contributed by atoms with Gasteiger partial charge in [-0.15, -0.1) is 0 Å². The highest BCUT2D eigenvalue weighted by Crippen LogP contribution is 2.20. The number of rotatable bonds is 4. The smallest absolute Gasteiger partial charge is 0.306 e. The van der Waals surface area contributed by atoms with Crippen molar-refractivity contribution in [3.63, 3.8) is 0 Å². The van der Waals surface area contributed by atoms with Gasteiger partial charge in [0.25, 0.3) is 0 Å². The third-order valence-electron chi connectivity index (χ3n) is 2.72. The van der Waals surface area contributed by atoms with Crippen LogP contribution in [-0.4, -0.2) is 31.3 Å². The van der Waals surface area contributed by atoms with E-state index in [9.17, 15) is 4.79 Å². The van der Waals surface area contributed by atoms with Gasteiger partial charge in [-0.3, -0.25) is 4.79 Å². The zero-order valence-electron chi connectivity index (χ0n) is 8.88. The number of hydrogen-bond donors (Lipinski definition) is 1. The third kappa shape index (κ3) is 3.64. The molecule has 0 aromatic heterocycles. The summed E-state index contributed by atoms with van der Waals surface area (Å²) < 4.78 is 10.1. The fourth-order valence-electron chi connectivity index (χ4n) is 1.65. The van der Waals surface area contributed by atoms with E-state index in [1.807, 2.05) is 6.92 Å². The highest BCUT2D eigenvalue weighted by Gasteiger charge is 2.32. The van der Waals surface area contributed by atoms with E-state index in [0.29, 0.717) is 13.0 Å². The summed E-state index contributed by atoms with van der Waals surface area (Å²) in [7, 11) is 0. The molecule has 0 atom stereocenters. The molecular formula is C10H20NO3+. The average molecular weight is 202 g/mol. The van der Waals surface area contributed by atoms with Gasteiger partial charge in [0.15, 0.2) is 0 Å². The molecule has 14 heavy (non-hydrogen) atoms. The summed E-state index contributed by atoms with van der Waals surface area (Å²) in [4.78, 5) is 11.1. The van der Waals surface area contributed by atoms with Gasteiger partial charge in [-0.2, -0.15) is 0 Å². The SMILES string of the molecule is CCOC(=O)CCC1([NH3+])CCOCC1. The van der Waals surface area contributed by atoms with Crippen molar-refractivity contribution >= 4 is 5.97 Å². The zero-order valence-corrected chi connectivity index (χ0v) is 8.88. The third-order valence-corrected chi connectivity index (χ3v) is 2.72. The van der Waals surface area contributed by atoms with Crippen LogP contribution in [0, 0.1) is 0 Å². The molecule has 0 unspecified atom stereocenters. The molecule has 82 valence electrons. The summed E-state index contributed by atoms with van der Waals surface area (Å²) >= 11 is 0. The van der Waals surface area contributed by atoms with Crippen molar-refractivity contribution in [2.45, 2.75) is 38.1 Å². The quantitative estimate of drug-likeness (QED) is 0.659.